The summed E-state index contributed by atoms with van der Waals surface area (Å²) in [7, 11) is -3.54. The normalized spacial score (nSPS) is 13.5. The highest BCUT2D eigenvalue weighted by Crippen LogP contribution is 2.20. The fourth-order valence-corrected chi connectivity index (χ4v) is 4.21. The quantitative estimate of drug-likeness (QED) is 0.342. The van der Waals surface area contributed by atoms with Gasteiger partial charge in [-0.1, -0.05) is 49.6 Å². The number of aromatic nitrogens is 3. The first-order valence-corrected chi connectivity index (χ1v) is 11.0. The Balaban J connectivity index is 2.04. The molecule has 0 aliphatic carbocycles. The Hall–Kier alpha value is -2.93. The first kappa shape index (κ1) is 23.3. The molecule has 1 atom stereocenters. The maximum Gasteiger partial charge on any atom is 0.244 e. The highest BCUT2D eigenvalue weighted by Gasteiger charge is 2.21. The van der Waals surface area contributed by atoms with Crippen molar-refractivity contribution in [1.29, 1.82) is 0 Å². The van der Waals surface area contributed by atoms with Crippen molar-refractivity contribution in [2.45, 2.75) is 38.4 Å². The summed E-state index contributed by atoms with van der Waals surface area (Å²) in [5.41, 5.74) is 1.53. The molecule has 0 aliphatic heterocycles. The van der Waals surface area contributed by atoms with Crippen LogP contribution in [-0.2, 0) is 16.6 Å². The summed E-state index contributed by atoms with van der Waals surface area (Å²) in [5.74, 6) is 2.68. The van der Waals surface area contributed by atoms with Crippen molar-refractivity contribution in [3.63, 3.8) is 0 Å². The van der Waals surface area contributed by atoms with E-state index >= 15 is 0 Å². The highest BCUT2D eigenvalue weighted by molar-refractivity contribution is 7.89. The van der Waals surface area contributed by atoms with Crippen LogP contribution >= 0.6 is 0 Å². The molecule has 0 amide bonds. The van der Waals surface area contributed by atoms with Gasteiger partial charge in [0.05, 0.1) is 11.4 Å². The summed E-state index contributed by atoms with van der Waals surface area (Å²) in [6, 6.07) is 6.10. The summed E-state index contributed by atoms with van der Waals surface area (Å²) in [5, 5.41) is 17.5. The smallest absolute Gasteiger partial charge is 0.244 e. The molecule has 0 saturated heterocycles. The van der Waals surface area contributed by atoms with Crippen molar-refractivity contribution in [3.8, 4) is 12.3 Å². The van der Waals surface area contributed by atoms with Crippen LogP contribution in [0.25, 0.3) is 0 Å². The Labute approximate surface area is 178 Å². The van der Waals surface area contributed by atoms with Gasteiger partial charge < -0.3 is 10.4 Å². The lowest BCUT2D eigenvalue weighted by molar-refractivity contribution is 0.207. The van der Waals surface area contributed by atoms with Gasteiger partial charge in [0.15, 0.2) is 6.23 Å². The minimum Gasteiger partial charge on any atom is -0.369 e. The van der Waals surface area contributed by atoms with Gasteiger partial charge in [-0.3, -0.25) is 0 Å². The number of hydrogen-bond donors (Lipinski definition) is 2. The summed E-state index contributed by atoms with van der Waals surface area (Å²) in [6.45, 7) is 6.85. The summed E-state index contributed by atoms with van der Waals surface area (Å²) < 4.78 is 28.1. The van der Waals surface area contributed by atoms with E-state index in [0.717, 1.165) is 5.57 Å². The number of rotatable bonds is 10. The SMILES string of the molecule is C#C/C=C/C=C(\C)Cn1cnc(NC(O)c2ccc(S(=O)(=O)N(CC)CC)cc2)n1. The third-order valence-corrected chi connectivity index (χ3v) is 6.39. The number of sulfonamides is 1. The van der Waals surface area contributed by atoms with Crippen molar-refractivity contribution in [2.24, 2.45) is 0 Å². The predicted octanol–water partition coefficient (Wildman–Crippen LogP) is 2.55. The van der Waals surface area contributed by atoms with E-state index in [1.807, 2.05) is 13.0 Å². The highest BCUT2D eigenvalue weighted by atomic mass is 32.2. The minimum atomic E-state index is -3.54. The minimum absolute atomic E-state index is 0.186. The van der Waals surface area contributed by atoms with E-state index in [0.29, 0.717) is 25.2 Å². The predicted molar refractivity (Wildman–Crippen MR) is 117 cm³/mol. The van der Waals surface area contributed by atoms with Crippen LogP contribution in [0.4, 0.5) is 5.95 Å². The molecule has 2 N–H and O–H groups in total. The second kappa shape index (κ2) is 10.7. The van der Waals surface area contributed by atoms with E-state index < -0.39 is 16.3 Å². The van der Waals surface area contributed by atoms with E-state index in [1.165, 1.54) is 16.4 Å². The zero-order valence-corrected chi connectivity index (χ0v) is 18.2. The lowest BCUT2D eigenvalue weighted by Crippen LogP contribution is -2.30. The van der Waals surface area contributed by atoms with Gasteiger partial charge in [-0.25, -0.2) is 18.1 Å². The average molecular weight is 430 g/mol. The maximum atomic E-state index is 12.5. The number of nitrogens with zero attached hydrogens (tertiary/aromatic N) is 4. The van der Waals surface area contributed by atoms with Crippen LogP contribution in [0, 0.1) is 12.3 Å². The third-order valence-electron chi connectivity index (χ3n) is 4.33. The zero-order valence-electron chi connectivity index (χ0n) is 17.4. The zero-order chi connectivity index (χ0) is 22.1. The Morgan fingerprint density at radius 2 is 2.00 bits per heavy atom. The van der Waals surface area contributed by atoms with E-state index in [1.54, 1.807) is 49.1 Å². The van der Waals surface area contributed by atoms with Gasteiger partial charge in [-0.2, -0.15) is 4.31 Å². The maximum absolute atomic E-state index is 12.5. The van der Waals surface area contributed by atoms with Crippen LogP contribution in [0.1, 0.15) is 32.6 Å². The van der Waals surface area contributed by atoms with Crippen LogP contribution in [0.15, 0.2) is 59.3 Å². The van der Waals surface area contributed by atoms with Crippen LogP contribution < -0.4 is 5.32 Å². The molecule has 2 rings (SSSR count). The number of allylic oxidation sites excluding steroid dienone is 4. The van der Waals surface area contributed by atoms with Gasteiger partial charge in [0, 0.05) is 18.7 Å². The molecule has 1 aromatic carbocycles. The number of terminal acetylenes is 1. The summed E-state index contributed by atoms with van der Waals surface area (Å²) >= 11 is 0. The van der Waals surface area contributed by atoms with Crippen LogP contribution in [-0.4, -0.2) is 45.7 Å². The molecule has 1 unspecified atom stereocenters. The number of hydrogen-bond acceptors (Lipinski definition) is 6. The van der Waals surface area contributed by atoms with Crippen molar-refractivity contribution in [1.82, 2.24) is 19.1 Å². The lowest BCUT2D eigenvalue weighted by atomic mass is 10.2. The number of aliphatic hydroxyl groups excluding tert-OH is 1. The Kier molecular flexibility index (Phi) is 8.35. The van der Waals surface area contributed by atoms with Crippen LogP contribution in [0.3, 0.4) is 0 Å². The molecular weight excluding hydrogens is 402 g/mol. The van der Waals surface area contributed by atoms with Crippen LogP contribution in [0.2, 0.25) is 0 Å². The molecule has 0 saturated carbocycles. The molecule has 9 heteroatoms. The molecule has 0 fully saturated rings. The van der Waals surface area contributed by atoms with Gasteiger partial charge in [0.1, 0.15) is 6.33 Å². The van der Waals surface area contributed by atoms with Crippen LogP contribution in [0.5, 0.6) is 0 Å². The molecule has 1 heterocycles. The Morgan fingerprint density at radius 3 is 2.60 bits per heavy atom. The molecule has 30 heavy (non-hydrogen) atoms. The molecule has 0 aliphatic rings. The third kappa shape index (κ3) is 6.03. The first-order valence-electron chi connectivity index (χ1n) is 9.54. The summed E-state index contributed by atoms with van der Waals surface area (Å²) in [4.78, 5) is 4.32. The Bertz CT molecular complexity index is 1030. The first-order chi connectivity index (χ1) is 14.3. The molecule has 8 nitrogen and oxygen atoms in total. The van der Waals surface area contributed by atoms with E-state index in [4.69, 9.17) is 6.42 Å². The lowest BCUT2D eigenvalue weighted by Gasteiger charge is -2.19. The molecule has 1 aromatic heterocycles. The van der Waals surface area contributed by atoms with Crippen molar-refractivity contribution in [2.75, 3.05) is 18.4 Å². The van der Waals surface area contributed by atoms with E-state index in [9.17, 15) is 13.5 Å². The number of nitrogens with one attached hydrogen (secondary N) is 1. The largest absolute Gasteiger partial charge is 0.369 e. The molecule has 2 aromatic rings. The standard InChI is InChI=1S/C21H27N5O3S/c1-5-8-9-10-17(4)15-25-16-22-21(24-25)23-20(27)18-11-13-19(14-12-18)30(28,29)26(6-2)7-3/h1,8-14,16,20,27H,6-7,15H2,2-4H3,(H,23,24)/b9-8+,17-10+. The topological polar surface area (TPSA) is 100 Å². The van der Waals surface area contributed by atoms with Gasteiger partial charge >= 0.3 is 0 Å². The fourth-order valence-electron chi connectivity index (χ4n) is 2.75. The number of benzene rings is 1. The molecule has 0 radical (unpaired) electrons. The van der Waals surface area contributed by atoms with E-state index in [2.05, 4.69) is 21.3 Å². The molecular formula is C21H27N5O3S. The molecule has 0 bridgehead atoms. The van der Waals surface area contributed by atoms with Gasteiger partial charge in [0.25, 0.3) is 0 Å². The molecule has 160 valence electrons. The van der Waals surface area contributed by atoms with Crippen molar-refractivity contribution < 1.29 is 13.5 Å². The number of anilines is 1. The number of aliphatic hydroxyl groups is 1. The van der Waals surface area contributed by atoms with Crippen molar-refractivity contribution in [3.05, 3.63) is 60.0 Å². The monoisotopic (exact) mass is 429 g/mol. The molecule has 0 spiro atoms. The van der Waals surface area contributed by atoms with Gasteiger partial charge in [-0.15, -0.1) is 11.5 Å². The van der Waals surface area contributed by atoms with Gasteiger partial charge in [-0.05, 0) is 25.1 Å². The van der Waals surface area contributed by atoms with E-state index in [-0.39, 0.29) is 10.8 Å². The van der Waals surface area contributed by atoms with Crippen molar-refractivity contribution >= 4 is 16.0 Å². The fraction of sp³-hybridized carbons (Fsp3) is 0.333. The Morgan fingerprint density at radius 1 is 1.33 bits per heavy atom. The summed E-state index contributed by atoms with van der Waals surface area (Å²) in [6.07, 6.45) is 10.9. The second-order valence-electron chi connectivity index (χ2n) is 6.51. The van der Waals surface area contributed by atoms with Gasteiger partial charge in [0.2, 0.25) is 16.0 Å². The second-order valence-corrected chi connectivity index (χ2v) is 8.45. The average Bonchev–Trinajstić information content (AvgIpc) is 3.15.